The zero-order valence-corrected chi connectivity index (χ0v) is 10.2. The van der Waals surface area contributed by atoms with Crippen LogP contribution in [0.3, 0.4) is 0 Å². The van der Waals surface area contributed by atoms with E-state index in [4.69, 9.17) is 0 Å². The van der Waals surface area contributed by atoms with Crippen molar-refractivity contribution in [1.29, 1.82) is 0 Å². The lowest BCUT2D eigenvalue weighted by atomic mass is 10.1. The van der Waals surface area contributed by atoms with Crippen LogP contribution in [0.4, 0.5) is 0 Å². The van der Waals surface area contributed by atoms with Crippen LogP contribution in [0.1, 0.15) is 46.5 Å². The van der Waals surface area contributed by atoms with Crippen LogP contribution in [0.2, 0.25) is 0 Å². The highest BCUT2D eigenvalue weighted by Crippen LogP contribution is 2.33. The van der Waals surface area contributed by atoms with Gasteiger partial charge in [0.25, 0.3) is 0 Å². The van der Waals surface area contributed by atoms with Crippen molar-refractivity contribution in [2.75, 3.05) is 6.54 Å². The van der Waals surface area contributed by atoms with Crippen LogP contribution < -0.4 is 10.6 Å². The molecular formula is C12H24N2O. The molecule has 1 saturated carbocycles. The molecule has 0 aromatic carbocycles. The first-order valence-electron chi connectivity index (χ1n) is 6.16. The van der Waals surface area contributed by atoms with E-state index in [1.807, 2.05) is 13.8 Å². The van der Waals surface area contributed by atoms with Gasteiger partial charge in [0, 0.05) is 25.0 Å². The Kier molecular flexibility index (Phi) is 5.09. The fraction of sp³-hybridized carbons (Fsp3) is 0.917. The monoisotopic (exact) mass is 212 g/mol. The largest absolute Gasteiger partial charge is 0.354 e. The molecule has 0 heterocycles. The van der Waals surface area contributed by atoms with Gasteiger partial charge < -0.3 is 10.6 Å². The molecule has 1 unspecified atom stereocenters. The second kappa shape index (κ2) is 6.11. The number of nitrogens with one attached hydrogen (secondary N) is 2. The normalized spacial score (nSPS) is 17.9. The fourth-order valence-corrected chi connectivity index (χ4v) is 1.91. The average Bonchev–Trinajstić information content (AvgIpc) is 2.94. The molecule has 0 aromatic rings. The second-order valence-corrected chi connectivity index (χ2v) is 4.78. The molecule has 0 aromatic heterocycles. The highest BCUT2D eigenvalue weighted by molar-refractivity contribution is 5.76. The van der Waals surface area contributed by atoms with Gasteiger partial charge in [0.2, 0.25) is 5.91 Å². The quantitative estimate of drug-likeness (QED) is 0.674. The summed E-state index contributed by atoms with van der Waals surface area (Å²) in [5.74, 6) is 1.03. The zero-order chi connectivity index (χ0) is 11.3. The van der Waals surface area contributed by atoms with Crippen molar-refractivity contribution in [2.24, 2.45) is 5.92 Å². The number of amides is 1. The molecule has 1 rings (SSSR count). The molecule has 3 heteroatoms. The van der Waals surface area contributed by atoms with Crippen molar-refractivity contribution in [2.45, 2.75) is 58.5 Å². The van der Waals surface area contributed by atoms with Crippen molar-refractivity contribution >= 4 is 5.91 Å². The van der Waals surface area contributed by atoms with E-state index < -0.39 is 0 Å². The van der Waals surface area contributed by atoms with Crippen molar-refractivity contribution < 1.29 is 4.79 Å². The Morgan fingerprint density at radius 1 is 1.40 bits per heavy atom. The van der Waals surface area contributed by atoms with Gasteiger partial charge in [-0.3, -0.25) is 4.79 Å². The van der Waals surface area contributed by atoms with Crippen LogP contribution in [0, 0.1) is 5.92 Å². The van der Waals surface area contributed by atoms with Gasteiger partial charge in [-0.1, -0.05) is 6.92 Å². The molecule has 1 fully saturated rings. The summed E-state index contributed by atoms with van der Waals surface area (Å²) >= 11 is 0. The number of hydrogen-bond acceptors (Lipinski definition) is 2. The van der Waals surface area contributed by atoms with Gasteiger partial charge in [0.15, 0.2) is 0 Å². The number of hydrogen-bond donors (Lipinski definition) is 2. The molecule has 15 heavy (non-hydrogen) atoms. The van der Waals surface area contributed by atoms with E-state index in [-0.39, 0.29) is 11.9 Å². The maximum Gasteiger partial charge on any atom is 0.221 e. The fourth-order valence-electron chi connectivity index (χ4n) is 1.91. The molecule has 2 N–H and O–H groups in total. The highest BCUT2D eigenvalue weighted by atomic mass is 16.1. The van der Waals surface area contributed by atoms with Crippen LogP contribution >= 0.6 is 0 Å². The number of carbonyl (C=O) groups excluding carboxylic acids is 1. The molecule has 0 aliphatic heterocycles. The van der Waals surface area contributed by atoms with E-state index in [1.165, 1.54) is 19.3 Å². The summed E-state index contributed by atoms with van der Waals surface area (Å²) in [7, 11) is 0. The Balaban J connectivity index is 2.06. The van der Waals surface area contributed by atoms with E-state index in [0.29, 0.717) is 12.5 Å². The zero-order valence-electron chi connectivity index (χ0n) is 10.2. The van der Waals surface area contributed by atoms with Gasteiger partial charge in [0.1, 0.15) is 0 Å². The average molecular weight is 212 g/mol. The molecule has 88 valence electrons. The molecule has 1 aliphatic carbocycles. The van der Waals surface area contributed by atoms with Crippen molar-refractivity contribution in [3.8, 4) is 0 Å². The summed E-state index contributed by atoms with van der Waals surface area (Å²) < 4.78 is 0. The Morgan fingerprint density at radius 2 is 2.07 bits per heavy atom. The molecule has 0 spiro atoms. The molecule has 0 saturated heterocycles. The molecule has 1 amide bonds. The van der Waals surface area contributed by atoms with E-state index in [0.717, 1.165) is 12.5 Å². The van der Waals surface area contributed by atoms with Crippen LogP contribution in [0.15, 0.2) is 0 Å². The van der Waals surface area contributed by atoms with Gasteiger partial charge in [-0.15, -0.1) is 0 Å². The summed E-state index contributed by atoms with van der Waals surface area (Å²) in [6.45, 7) is 7.01. The van der Waals surface area contributed by atoms with Gasteiger partial charge >= 0.3 is 0 Å². The van der Waals surface area contributed by atoms with E-state index in [9.17, 15) is 4.79 Å². The lowest BCUT2D eigenvalue weighted by Crippen LogP contribution is -2.36. The van der Waals surface area contributed by atoms with Crippen LogP contribution in [-0.4, -0.2) is 24.5 Å². The lowest BCUT2D eigenvalue weighted by molar-refractivity contribution is -0.121. The SMILES string of the molecule is CCC(NCCC(=O)NC(C)C)C1CC1. The molecule has 1 aliphatic rings. The summed E-state index contributed by atoms with van der Waals surface area (Å²) in [5.41, 5.74) is 0. The van der Waals surface area contributed by atoms with Gasteiger partial charge in [-0.05, 0) is 39.0 Å². The Hall–Kier alpha value is -0.570. The topological polar surface area (TPSA) is 41.1 Å². The third-order valence-electron chi connectivity index (χ3n) is 2.84. The van der Waals surface area contributed by atoms with Crippen LogP contribution in [-0.2, 0) is 4.79 Å². The van der Waals surface area contributed by atoms with E-state index in [2.05, 4.69) is 17.6 Å². The first-order valence-corrected chi connectivity index (χ1v) is 6.16. The predicted octanol–water partition coefficient (Wildman–Crippen LogP) is 1.68. The summed E-state index contributed by atoms with van der Waals surface area (Å²) in [6, 6.07) is 0.889. The number of carbonyl (C=O) groups is 1. The van der Waals surface area contributed by atoms with E-state index in [1.54, 1.807) is 0 Å². The van der Waals surface area contributed by atoms with Gasteiger partial charge in [-0.2, -0.15) is 0 Å². The third kappa shape index (κ3) is 5.17. The predicted molar refractivity (Wildman–Crippen MR) is 62.7 cm³/mol. The Labute approximate surface area is 93.0 Å². The second-order valence-electron chi connectivity index (χ2n) is 4.78. The van der Waals surface area contributed by atoms with Crippen molar-refractivity contribution in [1.82, 2.24) is 10.6 Å². The van der Waals surface area contributed by atoms with Crippen molar-refractivity contribution in [3.05, 3.63) is 0 Å². The van der Waals surface area contributed by atoms with Crippen molar-refractivity contribution in [3.63, 3.8) is 0 Å². The molecule has 3 nitrogen and oxygen atoms in total. The third-order valence-corrected chi connectivity index (χ3v) is 2.84. The first-order chi connectivity index (χ1) is 7.13. The Bertz CT molecular complexity index is 200. The molecular weight excluding hydrogens is 188 g/mol. The van der Waals surface area contributed by atoms with Gasteiger partial charge in [0.05, 0.1) is 0 Å². The standard InChI is InChI=1S/C12H24N2O/c1-4-11(10-5-6-10)13-8-7-12(15)14-9(2)3/h9-11,13H,4-8H2,1-3H3,(H,14,15). The van der Waals surface area contributed by atoms with Crippen LogP contribution in [0.5, 0.6) is 0 Å². The smallest absolute Gasteiger partial charge is 0.221 e. The van der Waals surface area contributed by atoms with E-state index >= 15 is 0 Å². The molecule has 0 bridgehead atoms. The summed E-state index contributed by atoms with van der Waals surface area (Å²) in [6.07, 6.45) is 4.51. The minimum Gasteiger partial charge on any atom is -0.354 e. The maximum atomic E-state index is 11.4. The van der Waals surface area contributed by atoms with Gasteiger partial charge in [-0.25, -0.2) is 0 Å². The minimum atomic E-state index is 0.156. The highest BCUT2D eigenvalue weighted by Gasteiger charge is 2.29. The minimum absolute atomic E-state index is 0.156. The van der Waals surface area contributed by atoms with Crippen LogP contribution in [0.25, 0.3) is 0 Å². The molecule has 1 atom stereocenters. The molecule has 0 radical (unpaired) electrons. The summed E-state index contributed by atoms with van der Waals surface area (Å²) in [4.78, 5) is 11.4. The summed E-state index contributed by atoms with van der Waals surface area (Å²) in [5, 5.41) is 6.38. The number of rotatable bonds is 7. The Morgan fingerprint density at radius 3 is 2.53 bits per heavy atom. The first kappa shape index (κ1) is 12.5. The lowest BCUT2D eigenvalue weighted by Gasteiger charge is -2.16. The maximum absolute atomic E-state index is 11.4.